The van der Waals surface area contributed by atoms with E-state index in [1.54, 1.807) is 11.3 Å². The molecule has 0 saturated heterocycles. The van der Waals surface area contributed by atoms with Gasteiger partial charge in [0.05, 0.1) is 0 Å². The van der Waals surface area contributed by atoms with E-state index in [2.05, 4.69) is 21.7 Å². The summed E-state index contributed by atoms with van der Waals surface area (Å²) >= 11 is 1.77. The van der Waals surface area contributed by atoms with Crippen molar-refractivity contribution < 1.29 is 4.79 Å². The Morgan fingerprint density at radius 3 is 2.82 bits per heavy atom. The number of carbonyl (C=O) groups is 1. The fourth-order valence-electron chi connectivity index (χ4n) is 2.84. The monoisotopic (exact) mass is 249 g/mol. The number of rotatable bonds is 4. The van der Waals surface area contributed by atoms with Gasteiger partial charge in [0.25, 0.3) is 0 Å². The van der Waals surface area contributed by atoms with Gasteiger partial charge in [-0.15, -0.1) is 0 Å². The molecular weight excluding hydrogens is 230 g/mol. The van der Waals surface area contributed by atoms with E-state index in [0.717, 1.165) is 31.8 Å². The van der Waals surface area contributed by atoms with Crippen molar-refractivity contribution in [1.29, 1.82) is 0 Å². The molecule has 2 nitrogen and oxygen atoms in total. The van der Waals surface area contributed by atoms with Crippen molar-refractivity contribution in [3.63, 3.8) is 0 Å². The van der Waals surface area contributed by atoms with Crippen LogP contribution in [0, 0.1) is 0 Å². The molecule has 0 amide bonds. The van der Waals surface area contributed by atoms with Gasteiger partial charge in [0.2, 0.25) is 0 Å². The lowest BCUT2D eigenvalue weighted by molar-refractivity contribution is -0.122. The second-order valence-corrected chi connectivity index (χ2v) is 6.10. The summed E-state index contributed by atoms with van der Waals surface area (Å²) in [6, 6.07) is 3.49. The van der Waals surface area contributed by atoms with Gasteiger partial charge in [-0.2, -0.15) is 11.3 Å². The van der Waals surface area contributed by atoms with Gasteiger partial charge in [0.1, 0.15) is 5.78 Å². The highest BCUT2D eigenvalue weighted by Crippen LogP contribution is 2.34. The first-order chi connectivity index (χ1) is 8.33. The van der Waals surface area contributed by atoms with Crippen LogP contribution in [-0.4, -0.2) is 22.8 Å². The van der Waals surface area contributed by atoms with E-state index in [-0.39, 0.29) is 0 Å². The second kappa shape index (κ2) is 4.91. The summed E-state index contributed by atoms with van der Waals surface area (Å²) in [4.78, 5) is 14.2. The molecule has 0 aliphatic heterocycles. The van der Waals surface area contributed by atoms with E-state index < -0.39 is 0 Å². The molecule has 2 saturated carbocycles. The summed E-state index contributed by atoms with van der Waals surface area (Å²) in [6.07, 6.45) is 6.57. The molecule has 0 bridgehead atoms. The maximum absolute atomic E-state index is 11.6. The molecule has 0 radical (unpaired) electrons. The van der Waals surface area contributed by atoms with Crippen LogP contribution in [0.3, 0.4) is 0 Å². The molecular formula is C14H19NOS. The minimum absolute atomic E-state index is 0.470. The Hall–Kier alpha value is -0.670. The third kappa shape index (κ3) is 2.78. The summed E-state index contributed by atoms with van der Waals surface area (Å²) in [6.45, 7) is 1.05. The lowest BCUT2D eigenvalue weighted by Crippen LogP contribution is -2.40. The molecule has 3 rings (SSSR count). The lowest BCUT2D eigenvalue weighted by atomic mass is 9.92. The van der Waals surface area contributed by atoms with Crippen LogP contribution in [0.2, 0.25) is 0 Å². The van der Waals surface area contributed by atoms with Crippen LogP contribution >= 0.6 is 11.3 Å². The van der Waals surface area contributed by atoms with Gasteiger partial charge in [-0.05, 0) is 48.1 Å². The van der Waals surface area contributed by atoms with Crippen molar-refractivity contribution in [2.24, 2.45) is 0 Å². The summed E-state index contributed by atoms with van der Waals surface area (Å²) in [5.41, 5.74) is 1.42. The Morgan fingerprint density at radius 2 is 2.18 bits per heavy atom. The Bertz CT molecular complexity index is 383. The van der Waals surface area contributed by atoms with E-state index in [4.69, 9.17) is 0 Å². The molecule has 0 aromatic carbocycles. The van der Waals surface area contributed by atoms with Crippen molar-refractivity contribution in [1.82, 2.24) is 4.90 Å². The zero-order valence-corrected chi connectivity index (χ0v) is 10.9. The Labute approximate surface area is 107 Å². The molecule has 1 heterocycles. The predicted molar refractivity (Wildman–Crippen MR) is 70.1 cm³/mol. The first-order valence-electron chi connectivity index (χ1n) is 6.61. The maximum Gasteiger partial charge on any atom is 0.134 e. The molecule has 0 N–H and O–H groups in total. The molecule has 92 valence electrons. The SMILES string of the molecule is O=C1CCCC(N(Cc2ccsc2)C2CC2)C1. The molecule has 1 aromatic rings. The molecule has 2 aliphatic carbocycles. The summed E-state index contributed by atoms with van der Waals surface area (Å²) in [5, 5.41) is 4.38. The minimum atomic E-state index is 0.470. The number of nitrogens with zero attached hydrogens (tertiary/aromatic N) is 1. The lowest BCUT2D eigenvalue weighted by Gasteiger charge is -2.33. The Morgan fingerprint density at radius 1 is 1.29 bits per heavy atom. The van der Waals surface area contributed by atoms with Gasteiger partial charge < -0.3 is 0 Å². The van der Waals surface area contributed by atoms with Crippen LogP contribution in [-0.2, 0) is 11.3 Å². The van der Waals surface area contributed by atoms with Gasteiger partial charge in [-0.1, -0.05) is 0 Å². The highest BCUT2D eigenvalue weighted by Gasteiger charge is 2.35. The molecule has 17 heavy (non-hydrogen) atoms. The number of hydrogen-bond acceptors (Lipinski definition) is 3. The Kier molecular flexibility index (Phi) is 3.30. The number of carbonyl (C=O) groups excluding carboxylic acids is 1. The van der Waals surface area contributed by atoms with Gasteiger partial charge in [0, 0.05) is 31.5 Å². The summed E-state index contributed by atoms with van der Waals surface area (Å²) in [5.74, 6) is 0.470. The second-order valence-electron chi connectivity index (χ2n) is 5.32. The fraction of sp³-hybridized carbons (Fsp3) is 0.643. The van der Waals surface area contributed by atoms with E-state index in [1.165, 1.54) is 24.8 Å². The molecule has 3 heteroatoms. The molecule has 0 spiro atoms. The van der Waals surface area contributed by atoms with Crippen molar-refractivity contribution in [3.8, 4) is 0 Å². The van der Waals surface area contributed by atoms with Crippen molar-refractivity contribution in [2.75, 3.05) is 0 Å². The van der Waals surface area contributed by atoms with Crippen LogP contribution in [0.25, 0.3) is 0 Å². The summed E-state index contributed by atoms with van der Waals surface area (Å²) < 4.78 is 0. The summed E-state index contributed by atoms with van der Waals surface area (Å²) in [7, 11) is 0. The fourth-order valence-corrected chi connectivity index (χ4v) is 3.50. The zero-order chi connectivity index (χ0) is 11.7. The quantitative estimate of drug-likeness (QED) is 0.816. The number of Topliss-reactive ketones (excluding diaryl/α,β-unsaturated/α-hetero) is 1. The molecule has 1 atom stereocenters. The first-order valence-corrected chi connectivity index (χ1v) is 7.56. The van der Waals surface area contributed by atoms with E-state index in [1.807, 2.05) is 0 Å². The Balaban J connectivity index is 1.68. The van der Waals surface area contributed by atoms with Crippen LogP contribution in [0.4, 0.5) is 0 Å². The molecule has 2 fully saturated rings. The number of thiophene rings is 1. The van der Waals surface area contributed by atoms with Crippen LogP contribution < -0.4 is 0 Å². The van der Waals surface area contributed by atoms with Crippen LogP contribution in [0.5, 0.6) is 0 Å². The van der Waals surface area contributed by atoms with Crippen molar-refractivity contribution in [3.05, 3.63) is 22.4 Å². The normalized spacial score (nSPS) is 25.5. The standard InChI is InChI=1S/C14H19NOS/c16-14-3-1-2-13(8-14)15(12-4-5-12)9-11-6-7-17-10-11/h6-7,10,12-13H,1-5,8-9H2. The van der Waals surface area contributed by atoms with Gasteiger partial charge in [0.15, 0.2) is 0 Å². The average Bonchev–Trinajstić information content (AvgIpc) is 3.03. The third-order valence-electron chi connectivity index (χ3n) is 3.89. The highest BCUT2D eigenvalue weighted by molar-refractivity contribution is 7.07. The van der Waals surface area contributed by atoms with Crippen molar-refractivity contribution >= 4 is 17.1 Å². The van der Waals surface area contributed by atoms with Crippen LogP contribution in [0.1, 0.15) is 44.1 Å². The molecule has 1 aromatic heterocycles. The number of ketones is 1. The maximum atomic E-state index is 11.6. The predicted octanol–water partition coefficient (Wildman–Crippen LogP) is 3.22. The number of hydrogen-bond donors (Lipinski definition) is 0. The topological polar surface area (TPSA) is 20.3 Å². The molecule has 1 unspecified atom stereocenters. The van der Waals surface area contributed by atoms with Gasteiger partial charge in [-0.3, -0.25) is 9.69 Å². The van der Waals surface area contributed by atoms with E-state index >= 15 is 0 Å². The zero-order valence-electron chi connectivity index (χ0n) is 10.1. The third-order valence-corrected chi connectivity index (χ3v) is 4.62. The largest absolute Gasteiger partial charge is 0.300 e. The van der Waals surface area contributed by atoms with E-state index in [9.17, 15) is 4.79 Å². The highest BCUT2D eigenvalue weighted by atomic mass is 32.1. The first kappa shape index (κ1) is 11.4. The van der Waals surface area contributed by atoms with Crippen LogP contribution in [0.15, 0.2) is 16.8 Å². The smallest absolute Gasteiger partial charge is 0.134 e. The average molecular weight is 249 g/mol. The van der Waals surface area contributed by atoms with Gasteiger partial charge >= 0.3 is 0 Å². The van der Waals surface area contributed by atoms with E-state index in [0.29, 0.717) is 11.8 Å². The molecule has 2 aliphatic rings. The minimum Gasteiger partial charge on any atom is -0.300 e. The van der Waals surface area contributed by atoms with Crippen molar-refractivity contribution in [2.45, 2.75) is 57.2 Å². The van der Waals surface area contributed by atoms with Gasteiger partial charge in [-0.25, -0.2) is 0 Å².